The summed E-state index contributed by atoms with van der Waals surface area (Å²) in [5.74, 6) is -0.613. The number of hydrogen-bond donors (Lipinski definition) is 1. The van der Waals surface area contributed by atoms with Gasteiger partial charge in [0.1, 0.15) is 5.01 Å². The molecule has 188 valence electrons. The molecule has 2 aromatic rings. The Kier molecular flexibility index (Phi) is 8.02. The maximum Gasteiger partial charge on any atom is 0.231 e. The molecule has 3 aliphatic heterocycles. The van der Waals surface area contributed by atoms with E-state index >= 15 is 0 Å². The molecule has 1 aromatic carbocycles. The van der Waals surface area contributed by atoms with Crippen LogP contribution in [0.25, 0.3) is 0 Å². The van der Waals surface area contributed by atoms with E-state index in [0.717, 1.165) is 75.8 Å². The van der Waals surface area contributed by atoms with E-state index in [0.29, 0.717) is 17.8 Å². The van der Waals surface area contributed by atoms with E-state index in [-0.39, 0.29) is 18.2 Å². The van der Waals surface area contributed by atoms with Crippen molar-refractivity contribution in [3.05, 3.63) is 34.8 Å². The first-order valence-corrected chi connectivity index (χ1v) is 13.4. The molecule has 3 saturated heterocycles. The van der Waals surface area contributed by atoms with Gasteiger partial charge in [-0.25, -0.2) is 0 Å². The van der Waals surface area contributed by atoms with E-state index in [9.17, 15) is 9.59 Å². The molecule has 0 radical (unpaired) electrons. The van der Waals surface area contributed by atoms with Crippen molar-refractivity contribution in [3.63, 3.8) is 0 Å². The van der Waals surface area contributed by atoms with E-state index < -0.39 is 5.92 Å². The van der Waals surface area contributed by atoms with Crippen molar-refractivity contribution in [2.75, 3.05) is 49.7 Å². The Labute approximate surface area is 209 Å². The molecule has 4 heterocycles. The van der Waals surface area contributed by atoms with Crippen LogP contribution in [0.1, 0.15) is 42.7 Å². The summed E-state index contributed by atoms with van der Waals surface area (Å²) in [5.41, 5.74) is 2.04. The summed E-state index contributed by atoms with van der Waals surface area (Å²) >= 11 is 1.40. The molecule has 1 N–H and O–H groups in total. The van der Waals surface area contributed by atoms with Crippen LogP contribution in [0.15, 0.2) is 24.3 Å². The Balaban J connectivity index is 1.11. The average molecular weight is 500 g/mol. The Morgan fingerprint density at radius 2 is 1.94 bits per heavy atom. The van der Waals surface area contributed by atoms with Crippen molar-refractivity contribution in [1.29, 1.82) is 0 Å². The Bertz CT molecular complexity index is 1000. The molecule has 5 rings (SSSR count). The van der Waals surface area contributed by atoms with Gasteiger partial charge in [-0.3, -0.25) is 14.5 Å². The molecule has 1 aromatic heterocycles. The average Bonchev–Trinajstić information content (AvgIpc) is 3.51. The number of anilines is 2. The highest BCUT2D eigenvalue weighted by Gasteiger charge is 2.35. The van der Waals surface area contributed by atoms with Crippen LogP contribution in [0.4, 0.5) is 10.8 Å². The minimum atomic E-state index is -0.404. The molecule has 3 fully saturated rings. The van der Waals surface area contributed by atoms with E-state index in [1.165, 1.54) is 23.3 Å². The van der Waals surface area contributed by atoms with Crippen molar-refractivity contribution in [3.8, 4) is 0 Å². The van der Waals surface area contributed by atoms with Crippen LogP contribution >= 0.6 is 11.3 Å². The maximum atomic E-state index is 12.8. The Hall–Kier alpha value is -2.40. The van der Waals surface area contributed by atoms with Crippen molar-refractivity contribution >= 4 is 34.0 Å². The molecule has 0 bridgehead atoms. The number of carbonyl (C=O) groups is 2. The van der Waals surface area contributed by atoms with E-state index in [1.807, 2.05) is 12.1 Å². The lowest BCUT2D eigenvalue weighted by Gasteiger charge is -2.26. The monoisotopic (exact) mass is 499 g/mol. The largest absolute Gasteiger partial charge is 0.379 e. The molecule has 0 spiro atoms. The zero-order chi connectivity index (χ0) is 24.0. The summed E-state index contributed by atoms with van der Waals surface area (Å²) in [5, 5.41) is 12.6. The van der Waals surface area contributed by atoms with Crippen molar-refractivity contribution in [2.24, 2.45) is 5.92 Å². The molecular formula is C25H33N5O4S. The minimum absolute atomic E-state index is 0.0310. The summed E-state index contributed by atoms with van der Waals surface area (Å²) in [6.07, 6.45) is 5.70. The SMILES string of the molecule is O=C(Nc1nnc(CCC2CCCCO2)s1)[C@H]1CC(=O)N(c2ccc(CN3CCOCC3)cc2)C1. The van der Waals surface area contributed by atoms with Crippen LogP contribution in [-0.4, -0.2) is 72.5 Å². The van der Waals surface area contributed by atoms with Crippen molar-refractivity contribution < 1.29 is 19.1 Å². The molecule has 0 aliphatic carbocycles. The van der Waals surface area contributed by atoms with Crippen LogP contribution in [0.2, 0.25) is 0 Å². The third kappa shape index (κ3) is 6.43. The number of aryl methyl sites for hydroxylation is 1. The zero-order valence-corrected chi connectivity index (χ0v) is 20.8. The summed E-state index contributed by atoms with van der Waals surface area (Å²) < 4.78 is 11.2. The second-order valence-corrected chi connectivity index (χ2v) is 10.5. The highest BCUT2D eigenvalue weighted by molar-refractivity contribution is 7.15. The van der Waals surface area contributed by atoms with Gasteiger partial charge in [-0.1, -0.05) is 23.5 Å². The third-order valence-electron chi connectivity index (χ3n) is 6.90. The number of hydrogen-bond acceptors (Lipinski definition) is 8. The zero-order valence-electron chi connectivity index (χ0n) is 20.0. The van der Waals surface area contributed by atoms with Gasteiger partial charge < -0.3 is 19.7 Å². The van der Waals surface area contributed by atoms with Crippen molar-refractivity contribution in [2.45, 2.75) is 51.2 Å². The summed E-state index contributed by atoms with van der Waals surface area (Å²) in [7, 11) is 0. The van der Waals surface area contributed by atoms with Gasteiger partial charge in [0.15, 0.2) is 0 Å². The Morgan fingerprint density at radius 1 is 1.11 bits per heavy atom. The van der Waals surface area contributed by atoms with Gasteiger partial charge in [-0.15, -0.1) is 10.2 Å². The summed E-state index contributed by atoms with van der Waals surface area (Å²) in [6.45, 7) is 5.52. The number of aromatic nitrogens is 2. The fourth-order valence-corrected chi connectivity index (χ4v) is 5.62. The Morgan fingerprint density at radius 3 is 2.71 bits per heavy atom. The van der Waals surface area contributed by atoms with Gasteiger partial charge in [0, 0.05) is 51.3 Å². The fraction of sp³-hybridized carbons (Fsp3) is 0.600. The summed E-state index contributed by atoms with van der Waals surface area (Å²) in [4.78, 5) is 29.6. The van der Waals surface area contributed by atoms with Gasteiger partial charge in [0.25, 0.3) is 0 Å². The van der Waals surface area contributed by atoms with Crippen LogP contribution in [0, 0.1) is 5.92 Å². The van der Waals surface area contributed by atoms with Crippen LogP contribution in [0.3, 0.4) is 0 Å². The molecule has 9 nitrogen and oxygen atoms in total. The number of nitrogens with zero attached hydrogens (tertiary/aromatic N) is 4. The van der Waals surface area contributed by atoms with Gasteiger partial charge in [-0.05, 0) is 43.4 Å². The number of carbonyl (C=O) groups excluding carboxylic acids is 2. The fourth-order valence-electron chi connectivity index (χ4n) is 4.86. The molecule has 1 unspecified atom stereocenters. The molecule has 35 heavy (non-hydrogen) atoms. The number of rotatable bonds is 8. The van der Waals surface area contributed by atoms with Gasteiger partial charge in [0.2, 0.25) is 16.9 Å². The first-order chi connectivity index (χ1) is 17.1. The lowest BCUT2D eigenvalue weighted by molar-refractivity contribution is -0.122. The van der Waals surface area contributed by atoms with E-state index in [2.05, 4.69) is 32.5 Å². The molecule has 2 amide bonds. The van der Waals surface area contributed by atoms with Crippen LogP contribution < -0.4 is 10.2 Å². The van der Waals surface area contributed by atoms with Crippen LogP contribution in [-0.2, 0) is 32.0 Å². The molecule has 2 atom stereocenters. The number of morpholine rings is 1. The second kappa shape index (κ2) is 11.6. The molecule has 3 aliphatic rings. The first-order valence-electron chi connectivity index (χ1n) is 12.6. The summed E-state index contributed by atoms with van der Waals surface area (Å²) in [6, 6.07) is 8.07. The number of nitrogens with one attached hydrogen (secondary N) is 1. The van der Waals surface area contributed by atoms with Gasteiger partial charge in [0.05, 0.1) is 25.2 Å². The standard InChI is InChI=1S/C25H33N5O4S/c31-23-15-19(17-30(23)20-6-4-18(5-7-20)16-29-10-13-33-14-11-29)24(32)26-25-28-27-22(35-25)9-8-21-3-1-2-12-34-21/h4-7,19,21H,1-3,8-17H2,(H,26,28,32)/t19-,21?/m0/s1. The lowest BCUT2D eigenvalue weighted by atomic mass is 10.1. The second-order valence-electron chi connectivity index (χ2n) is 9.48. The van der Waals surface area contributed by atoms with Crippen molar-refractivity contribution in [1.82, 2.24) is 15.1 Å². The maximum absolute atomic E-state index is 12.8. The molecule has 0 saturated carbocycles. The predicted molar refractivity (Wildman–Crippen MR) is 133 cm³/mol. The minimum Gasteiger partial charge on any atom is -0.379 e. The van der Waals surface area contributed by atoms with Crippen LogP contribution in [0.5, 0.6) is 0 Å². The number of ether oxygens (including phenoxy) is 2. The number of amides is 2. The molecular weight excluding hydrogens is 466 g/mol. The van der Waals surface area contributed by atoms with Gasteiger partial charge in [-0.2, -0.15) is 0 Å². The topological polar surface area (TPSA) is 96.9 Å². The highest BCUT2D eigenvalue weighted by atomic mass is 32.1. The smallest absolute Gasteiger partial charge is 0.231 e. The lowest BCUT2D eigenvalue weighted by Crippen LogP contribution is -2.35. The number of benzene rings is 1. The highest BCUT2D eigenvalue weighted by Crippen LogP contribution is 2.28. The van der Waals surface area contributed by atoms with E-state index in [1.54, 1.807) is 4.90 Å². The van der Waals surface area contributed by atoms with Gasteiger partial charge >= 0.3 is 0 Å². The third-order valence-corrected chi connectivity index (χ3v) is 7.80. The molecule has 10 heteroatoms. The predicted octanol–water partition coefficient (Wildman–Crippen LogP) is 2.86. The normalized spacial score (nSPS) is 23.5. The van der Waals surface area contributed by atoms with E-state index in [4.69, 9.17) is 9.47 Å². The quantitative estimate of drug-likeness (QED) is 0.597. The first kappa shape index (κ1) is 24.3.